The average molecular weight is 477 g/mol. The first kappa shape index (κ1) is 25.0. The number of para-hydroxylation sites is 1. The van der Waals surface area contributed by atoms with Crippen molar-refractivity contribution in [3.63, 3.8) is 0 Å². The molecule has 0 aromatic heterocycles. The Morgan fingerprint density at radius 3 is 2.30 bits per heavy atom. The summed E-state index contributed by atoms with van der Waals surface area (Å²) < 4.78 is 44.2. The maximum absolute atomic E-state index is 14.1. The highest BCUT2D eigenvalue weighted by molar-refractivity contribution is 7.91. The van der Waals surface area contributed by atoms with E-state index in [1.807, 2.05) is 24.3 Å². The molecule has 2 unspecified atom stereocenters. The molecule has 1 saturated heterocycles. The molecule has 1 amide bonds. The van der Waals surface area contributed by atoms with Gasteiger partial charge in [0.1, 0.15) is 0 Å². The van der Waals surface area contributed by atoms with Gasteiger partial charge in [-0.3, -0.25) is 4.79 Å². The van der Waals surface area contributed by atoms with Gasteiger partial charge in [-0.05, 0) is 56.5 Å². The fraction of sp³-hybridized carbons (Fsp3) is 0.480. The van der Waals surface area contributed by atoms with Gasteiger partial charge in [-0.2, -0.15) is 0 Å². The van der Waals surface area contributed by atoms with Gasteiger partial charge in [0.15, 0.2) is 27.5 Å². The van der Waals surface area contributed by atoms with Crippen LogP contribution in [0.5, 0.6) is 5.75 Å². The maximum atomic E-state index is 14.1. The lowest BCUT2D eigenvalue weighted by Gasteiger charge is -2.32. The molecule has 2 aromatic rings. The van der Waals surface area contributed by atoms with Crippen LogP contribution in [0.2, 0.25) is 0 Å². The van der Waals surface area contributed by atoms with Crippen LogP contribution in [0.15, 0.2) is 48.5 Å². The van der Waals surface area contributed by atoms with Crippen LogP contribution < -0.4 is 9.64 Å². The van der Waals surface area contributed by atoms with E-state index in [0.717, 1.165) is 24.3 Å². The molecule has 0 radical (unpaired) electrons. The molecular formula is C25H33FN2O4S. The zero-order chi connectivity index (χ0) is 24.0. The summed E-state index contributed by atoms with van der Waals surface area (Å²) in [5, 5.41) is 0. The first-order valence-electron chi connectivity index (χ1n) is 11.5. The minimum atomic E-state index is -3.19. The Kier molecular flexibility index (Phi) is 8.35. The lowest BCUT2D eigenvalue weighted by Crippen LogP contribution is -2.47. The predicted molar refractivity (Wildman–Crippen MR) is 129 cm³/mol. The van der Waals surface area contributed by atoms with Crippen LogP contribution in [0.25, 0.3) is 0 Å². The SMILES string of the molecule is CCC(Oc1ccccc1F)C(=O)N(Cc1ccc(N(CC)CC)cc1)C1CCS(=O)(=O)C1. The summed E-state index contributed by atoms with van der Waals surface area (Å²) in [6, 6.07) is 13.5. The summed E-state index contributed by atoms with van der Waals surface area (Å²) in [5.74, 6) is -0.846. The van der Waals surface area contributed by atoms with Crippen LogP contribution in [0.3, 0.4) is 0 Å². The molecule has 0 saturated carbocycles. The first-order valence-corrected chi connectivity index (χ1v) is 13.4. The van der Waals surface area contributed by atoms with Crippen LogP contribution >= 0.6 is 0 Å². The molecule has 6 nitrogen and oxygen atoms in total. The molecule has 0 N–H and O–H groups in total. The van der Waals surface area contributed by atoms with Crippen molar-refractivity contribution in [3.05, 3.63) is 59.9 Å². The van der Waals surface area contributed by atoms with Gasteiger partial charge in [0.05, 0.1) is 11.5 Å². The van der Waals surface area contributed by atoms with Gasteiger partial charge in [0.25, 0.3) is 5.91 Å². The van der Waals surface area contributed by atoms with Crippen molar-refractivity contribution in [1.29, 1.82) is 0 Å². The topological polar surface area (TPSA) is 66.9 Å². The Morgan fingerprint density at radius 2 is 1.76 bits per heavy atom. The Hall–Kier alpha value is -2.61. The smallest absolute Gasteiger partial charge is 0.264 e. The summed E-state index contributed by atoms with van der Waals surface area (Å²) in [7, 11) is -3.19. The zero-order valence-electron chi connectivity index (χ0n) is 19.5. The van der Waals surface area contributed by atoms with E-state index >= 15 is 0 Å². The van der Waals surface area contributed by atoms with Crippen LogP contribution in [-0.4, -0.2) is 56.0 Å². The van der Waals surface area contributed by atoms with Crippen LogP contribution in [0.4, 0.5) is 10.1 Å². The average Bonchev–Trinajstić information content (AvgIpc) is 3.17. The van der Waals surface area contributed by atoms with Gasteiger partial charge >= 0.3 is 0 Å². The molecule has 0 spiro atoms. The third-order valence-electron chi connectivity index (χ3n) is 6.10. The van der Waals surface area contributed by atoms with Crippen molar-refractivity contribution in [3.8, 4) is 5.75 Å². The van der Waals surface area contributed by atoms with Crippen molar-refractivity contribution < 1.29 is 22.3 Å². The molecule has 3 rings (SSSR count). The molecule has 2 atom stereocenters. The summed E-state index contributed by atoms with van der Waals surface area (Å²) in [6.45, 7) is 8.05. The van der Waals surface area contributed by atoms with E-state index in [9.17, 15) is 17.6 Å². The highest BCUT2D eigenvalue weighted by Crippen LogP contribution is 2.25. The minimum Gasteiger partial charge on any atom is -0.478 e. The van der Waals surface area contributed by atoms with Gasteiger partial charge in [0.2, 0.25) is 0 Å². The summed E-state index contributed by atoms with van der Waals surface area (Å²) in [6.07, 6.45) is -0.175. The van der Waals surface area contributed by atoms with Gasteiger partial charge in [-0.1, -0.05) is 31.2 Å². The third-order valence-corrected chi connectivity index (χ3v) is 7.85. The normalized spacial score (nSPS) is 18.0. The van der Waals surface area contributed by atoms with E-state index in [1.165, 1.54) is 12.1 Å². The number of amides is 1. The van der Waals surface area contributed by atoms with Crippen molar-refractivity contribution in [2.24, 2.45) is 0 Å². The van der Waals surface area contributed by atoms with Crippen molar-refractivity contribution >= 4 is 21.4 Å². The fourth-order valence-corrected chi connectivity index (χ4v) is 5.92. The Labute approximate surface area is 196 Å². The molecule has 1 fully saturated rings. The molecule has 0 aliphatic carbocycles. The summed E-state index contributed by atoms with van der Waals surface area (Å²) in [5.41, 5.74) is 2.00. The molecule has 1 aliphatic rings. The standard InChI is InChI=1S/C25H33FN2O4S/c1-4-23(32-24-10-8-7-9-22(24)26)25(29)28(21-15-16-33(30,31)18-21)17-19-11-13-20(14-12-19)27(5-2)6-3/h7-14,21,23H,4-6,15-18H2,1-3H3. The lowest BCUT2D eigenvalue weighted by atomic mass is 10.1. The van der Waals surface area contributed by atoms with E-state index in [2.05, 4.69) is 18.7 Å². The van der Waals surface area contributed by atoms with Gasteiger partial charge in [-0.15, -0.1) is 0 Å². The number of anilines is 1. The zero-order valence-corrected chi connectivity index (χ0v) is 20.4. The molecule has 1 aliphatic heterocycles. The van der Waals surface area contributed by atoms with Gasteiger partial charge in [0, 0.05) is 31.4 Å². The number of rotatable bonds is 10. The van der Waals surface area contributed by atoms with E-state index in [4.69, 9.17) is 4.74 Å². The van der Waals surface area contributed by atoms with Crippen molar-refractivity contribution in [2.45, 2.75) is 52.3 Å². The largest absolute Gasteiger partial charge is 0.478 e. The van der Waals surface area contributed by atoms with Crippen molar-refractivity contribution in [2.75, 3.05) is 29.5 Å². The van der Waals surface area contributed by atoms with Crippen LogP contribution in [-0.2, 0) is 21.2 Å². The van der Waals surface area contributed by atoms with E-state index in [-0.39, 0.29) is 29.7 Å². The molecule has 0 bridgehead atoms. The molecule has 33 heavy (non-hydrogen) atoms. The highest BCUT2D eigenvalue weighted by atomic mass is 32.2. The Balaban J connectivity index is 1.84. The number of hydrogen-bond acceptors (Lipinski definition) is 5. The predicted octanol–water partition coefficient (Wildman–Crippen LogP) is 4.05. The number of hydrogen-bond donors (Lipinski definition) is 0. The minimum absolute atomic E-state index is 0.0141. The van der Waals surface area contributed by atoms with E-state index in [0.29, 0.717) is 12.8 Å². The highest BCUT2D eigenvalue weighted by Gasteiger charge is 2.37. The van der Waals surface area contributed by atoms with Gasteiger partial charge in [-0.25, -0.2) is 12.8 Å². The maximum Gasteiger partial charge on any atom is 0.264 e. The third kappa shape index (κ3) is 6.25. The quantitative estimate of drug-likeness (QED) is 0.518. The number of nitrogens with zero attached hydrogens (tertiary/aromatic N) is 2. The monoisotopic (exact) mass is 476 g/mol. The number of ether oxygens (including phenoxy) is 1. The second kappa shape index (κ2) is 11.0. The molecule has 1 heterocycles. The number of sulfone groups is 1. The first-order chi connectivity index (χ1) is 15.8. The number of carbonyl (C=O) groups excluding carboxylic acids is 1. The fourth-order valence-electron chi connectivity index (χ4n) is 4.19. The molecule has 2 aromatic carbocycles. The van der Waals surface area contributed by atoms with Gasteiger partial charge < -0.3 is 14.5 Å². The Morgan fingerprint density at radius 1 is 1.09 bits per heavy atom. The number of benzene rings is 2. The Bertz CT molecular complexity index is 1040. The molecular weight excluding hydrogens is 443 g/mol. The van der Waals surface area contributed by atoms with Crippen LogP contribution in [0, 0.1) is 5.82 Å². The number of halogens is 1. The van der Waals surface area contributed by atoms with E-state index < -0.39 is 27.8 Å². The lowest BCUT2D eigenvalue weighted by molar-refractivity contribution is -0.141. The summed E-state index contributed by atoms with van der Waals surface area (Å²) in [4.78, 5) is 17.4. The van der Waals surface area contributed by atoms with Crippen LogP contribution in [0.1, 0.15) is 39.2 Å². The molecule has 180 valence electrons. The van der Waals surface area contributed by atoms with E-state index in [1.54, 1.807) is 24.0 Å². The molecule has 8 heteroatoms. The number of carbonyl (C=O) groups is 1. The second-order valence-electron chi connectivity index (χ2n) is 8.31. The van der Waals surface area contributed by atoms with Crippen molar-refractivity contribution in [1.82, 2.24) is 4.90 Å². The summed E-state index contributed by atoms with van der Waals surface area (Å²) >= 11 is 0. The second-order valence-corrected chi connectivity index (χ2v) is 10.5.